The lowest BCUT2D eigenvalue weighted by molar-refractivity contribution is -0.137. The van der Waals surface area contributed by atoms with E-state index in [1.807, 2.05) is 18.2 Å². The molecule has 170 valence electrons. The molecule has 1 amide bonds. The summed E-state index contributed by atoms with van der Waals surface area (Å²) < 4.78 is 16.6. The van der Waals surface area contributed by atoms with Gasteiger partial charge in [-0.25, -0.2) is 0 Å². The first-order valence-electron chi connectivity index (χ1n) is 11.8. The molecule has 2 atom stereocenters. The number of methoxy groups -OCH3 is 1. The Morgan fingerprint density at radius 1 is 1.06 bits per heavy atom. The van der Waals surface area contributed by atoms with Gasteiger partial charge >= 0.3 is 0 Å². The van der Waals surface area contributed by atoms with E-state index in [1.54, 1.807) is 7.11 Å². The minimum absolute atomic E-state index is 0.0469. The van der Waals surface area contributed by atoms with E-state index in [4.69, 9.17) is 14.2 Å². The second kappa shape index (κ2) is 9.41. The van der Waals surface area contributed by atoms with Gasteiger partial charge in [-0.1, -0.05) is 49.6 Å². The van der Waals surface area contributed by atoms with Gasteiger partial charge in [-0.15, -0.1) is 0 Å². The third-order valence-corrected chi connectivity index (χ3v) is 7.11. The van der Waals surface area contributed by atoms with E-state index in [0.29, 0.717) is 12.5 Å². The summed E-state index contributed by atoms with van der Waals surface area (Å²) in [6.45, 7) is 1.68. The monoisotopic (exact) mass is 436 g/mol. The van der Waals surface area contributed by atoms with Gasteiger partial charge in [-0.3, -0.25) is 4.79 Å². The van der Waals surface area contributed by atoms with Crippen LogP contribution in [-0.2, 0) is 11.3 Å². The van der Waals surface area contributed by atoms with Crippen molar-refractivity contribution in [2.24, 2.45) is 5.92 Å². The number of ether oxygens (including phenoxy) is 3. The summed E-state index contributed by atoms with van der Waals surface area (Å²) in [5, 5.41) is 3.73. The lowest BCUT2D eigenvalue weighted by Crippen LogP contribution is -2.41. The smallest absolute Gasteiger partial charge is 0.231 e. The summed E-state index contributed by atoms with van der Waals surface area (Å²) in [5.41, 5.74) is 2.23. The Labute approximate surface area is 189 Å². The van der Waals surface area contributed by atoms with Gasteiger partial charge in [0.2, 0.25) is 12.7 Å². The third kappa shape index (κ3) is 4.16. The number of carbonyl (C=O) groups excluding carboxylic acids is 1. The summed E-state index contributed by atoms with van der Waals surface area (Å²) >= 11 is 0. The second-order valence-corrected chi connectivity index (χ2v) is 9.02. The van der Waals surface area contributed by atoms with Gasteiger partial charge in [0, 0.05) is 36.7 Å². The topological polar surface area (TPSA) is 60.0 Å². The Hall–Kier alpha value is -2.73. The van der Waals surface area contributed by atoms with Crippen LogP contribution in [0.5, 0.6) is 17.2 Å². The second-order valence-electron chi connectivity index (χ2n) is 9.02. The standard InChI is InChI=1S/C26H32N2O4/c1-30-22-15-24-23(31-17-32-24)14-20(22)16-27-21-12-13-28(25(21)18-8-4-2-5-9-18)26(29)19-10-6-3-7-11-19/h2,4-5,8-9,14-15,19,21,25,27H,3,6-7,10-13,16-17H2,1H3. The number of benzene rings is 2. The van der Waals surface area contributed by atoms with Gasteiger partial charge < -0.3 is 24.4 Å². The summed E-state index contributed by atoms with van der Waals surface area (Å²) in [7, 11) is 1.67. The zero-order valence-electron chi connectivity index (χ0n) is 18.7. The number of rotatable bonds is 6. The van der Waals surface area contributed by atoms with Crippen molar-refractivity contribution in [3.05, 3.63) is 53.6 Å². The van der Waals surface area contributed by atoms with E-state index >= 15 is 0 Å². The van der Waals surface area contributed by atoms with E-state index in [1.165, 1.54) is 24.8 Å². The van der Waals surface area contributed by atoms with Crippen molar-refractivity contribution in [1.82, 2.24) is 10.2 Å². The minimum atomic E-state index is 0.0469. The van der Waals surface area contributed by atoms with Gasteiger partial charge in [-0.2, -0.15) is 0 Å². The fraction of sp³-hybridized carbons (Fsp3) is 0.500. The van der Waals surface area contributed by atoms with E-state index in [-0.39, 0.29) is 24.8 Å². The highest BCUT2D eigenvalue weighted by atomic mass is 16.7. The highest BCUT2D eigenvalue weighted by Crippen LogP contribution is 2.39. The summed E-state index contributed by atoms with van der Waals surface area (Å²) in [6, 6.07) is 14.6. The van der Waals surface area contributed by atoms with Crippen molar-refractivity contribution < 1.29 is 19.0 Å². The molecule has 0 aromatic heterocycles. The van der Waals surface area contributed by atoms with E-state index < -0.39 is 0 Å². The van der Waals surface area contributed by atoms with Gasteiger partial charge in [0.25, 0.3) is 0 Å². The lowest BCUT2D eigenvalue weighted by atomic mass is 9.87. The first kappa shape index (κ1) is 21.1. The van der Waals surface area contributed by atoms with Gasteiger partial charge in [0.15, 0.2) is 11.5 Å². The molecule has 2 aliphatic heterocycles. The molecule has 6 nitrogen and oxygen atoms in total. The fourth-order valence-electron chi connectivity index (χ4n) is 5.43. The Morgan fingerprint density at radius 3 is 2.56 bits per heavy atom. The van der Waals surface area contributed by atoms with Crippen molar-refractivity contribution in [1.29, 1.82) is 0 Å². The normalized spacial score (nSPS) is 22.8. The molecule has 1 aliphatic carbocycles. The lowest BCUT2D eigenvalue weighted by Gasteiger charge is -2.33. The van der Waals surface area contributed by atoms with Crippen molar-refractivity contribution in [3.8, 4) is 17.2 Å². The number of amides is 1. The third-order valence-electron chi connectivity index (χ3n) is 7.11. The quantitative estimate of drug-likeness (QED) is 0.726. The maximum Gasteiger partial charge on any atom is 0.231 e. The number of carbonyl (C=O) groups is 1. The van der Waals surface area contributed by atoms with Crippen LogP contribution in [0.15, 0.2) is 42.5 Å². The fourth-order valence-corrected chi connectivity index (χ4v) is 5.43. The molecular formula is C26H32N2O4. The van der Waals surface area contributed by atoms with Crippen LogP contribution < -0.4 is 19.5 Å². The Morgan fingerprint density at radius 2 is 1.81 bits per heavy atom. The molecule has 32 heavy (non-hydrogen) atoms. The summed E-state index contributed by atoms with van der Waals surface area (Å²) in [5.74, 6) is 2.78. The molecule has 0 spiro atoms. The van der Waals surface area contributed by atoms with Crippen LogP contribution in [0, 0.1) is 5.92 Å². The first-order chi connectivity index (χ1) is 15.7. The van der Waals surface area contributed by atoms with E-state index in [9.17, 15) is 4.79 Å². The van der Waals surface area contributed by atoms with E-state index in [0.717, 1.165) is 48.6 Å². The van der Waals surface area contributed by atoms with Crippen molar-refractivity contribution in [3.63, 3.8) is 0 Å². The first-order valence-corrected chi connectivity index (χ1v) is 11.8. The predicted molar refractivity (Wildman–Crippen MR) is 122 cm³/mol. The summed E-state index contributed by atoms with van der Waals surface area (Å²) in [6.07, 6.45) is 6.60. The van der Waals surface area contributed by atoms with Crippen molar-refractivity contribution in [2.75, 3.05) is 20.4 Å². The van der Waals surface area contributed by atoms with Crippen LogP contribution in [-0.4, -0.2) is 37.3 Å². The highest BCUT2D eigenvalue weighted by molar-refractivity contribution is 5.80. The van der Waals surface area contributed by atoms with Crippen LogP contribution in [0.25, 0.3) is 0 Å². The molecule has 2 aromatic carbocycles. The van der Waals surface area contributed by atoms with Crippen molar-refractivity contribution >= 4 is 5.91 Å². The molecule has 3 aliphatic rings. The molecular weight excluding hydrogens is 404 g/mol. The number of fused-ring (bicyclic) bond motifs is 1. The van der Waals surface area contributed by atoms with Gasteiger partial charge in [-0.05, 0) is 30.9 Å². The number of nitrogens with one attached hydrogen (secondary N) is 1. The number of hydrogen-bond donors (Lipinski definition) is 1. The molecule has 1 N–H and O–H groups in total. The van der Waals surface area contributed by atoms with Gasteiger partial charge in [0.05, 0.1) is 13.2 Å². The minimum Gasteiger partial charge on any atom is -0.496 e. The summed E-state index contributed by atoms with van der Waals surface area (Å²) in [4.78, 5) is 15.6. The molecule has 0 bridgehead atoms. The van der Waals surface area contributed by atoms with Crippen LogP contribution in [0.2, 0.25) is 0 Å². The molecule has 2 aromatic rings. The van der Waals surface area contributed by atoms with Crippen molar-refractivity contribution in [2.45, 2.75) is 57.2 Å². The number of hydrogen-bond acceptors (Lipinski definition) is 5. The maximum absolute atomic E-state index is 13.5. The molecule has 1 saturated heterocycles. The van der Waals surface area contributed by atoms with Crippen LogP contribution >= 0.6 is 0 Å². The molecule has 1 saturated carbocycles. The Bertz CT molecular complexity index is 942. The molecule has 0 radical (unpaired) electrons. The zero-order valence-corrected chi connectivity index (χ0v) is 18.7. The number of likely N-dealkylation sites (tertiary alicyclic amines) is 1. The van der Waals surface area contributed by atoms with Gasteiger partial charge in [0.1, 0.15) is 5.75 Å². The maximum atomic E-state index is 13.5. The largest absolute Gasteiger partial charge is 0.496 e. The predicted octanol–water partition coefficient (Wildman–Crippen LogP) is 4.44. The van der Waals surface area contributed by atoms with Crippen LogP contribution in [0.4, 0.5) is 0 Å². The average molecular weight is 437 g/mol. The van der Waals surface area contributed by atoms with E-state index in [2.05, 4.69) is 34.5 Å². The highest BCUT2D eigenvalue weighted by Gasteiger charge is 2.40. The van der Waals surface area contributed by atoms with Crippen LogP contribution in [0.1, 0.15) is 55.7 Å². The number of nitrogens with zero attached hydrogens (tertiary/aromatic N) is 1. The SMILES string of the molecule is COc1cc2c(cc1CNC1CCN(C(=O)C3CCCCC3)C1c1ccccc1)OCO2. The molecule has 6 heteroatoms. The Balaban J connectivity index is 1.35. The zero-order chi connectivity index (χ0) is 21.9. The molecule has 2 unspecified atom stereocenters. The molecule has 2 fully saturated rings. The molecule has 5 rings (SSSR count). The Kier molecular flexibility index (Phi) is 6.21. The van der Waals surface area contributed by atoms with Crippen LogP contribution in [0.3, 0.4) is 0 Å². The average Bonchev–Trinajstić information content (AvgIpc) is 3.49. The molecule has 2 heterocycles.